The molecule has 0 saturated carbocycles. The van der Waals surface area contributed by atoms with Crippen LogP contribution >= 0.6 is 11.6 Å². The molecule has 1 unspecified atom stereocenters. The maximum atomic E-state index is 11.8. The van der Waals surface area contributed by atoms with Crippen LogP contribution in [0, 0.1) is 0 Å². The number of pyridine rings is 1. The Morgan fingerprint density at radius 1 is 1.57 bits per heavy atom. The summed E-state index contributed by atoms with van der Waals surface area (Å²) in [6.45, 7) is 1.63. The Hall–Kier alpha value is -2.12. The summed E-state index contributed by atoms with van der Waals surface area (Å²) in [7, 11) is 1.75. The van der Waals surface area contributed by atoms with E-state index >= 15 is 0 Å². The minimum absolute atomic E-state index is 0.0302. The zero-order chi connectivity index (χ0) is 15.5. The number of halogens is 1. The van der Waals surface area contributed by atoms with E-state index in [9.17, 15) is 9.90 Å². The lowest BCUT2D eigenvalue weighted by Gasteiger charge is -2.22. The van der Waals surface area contributed by atoms with Gasteiger partial charge in [0.15, 0.2) is 5.15 Å². The first-order valence-corrected chi connectivity index (χ1v) is 6.63. The number of carbonyl (C=O) groups excluding carboxylic acids is 1. The lowest BCUT2D eigenvalue weighted by atomic mass is 10.00. The van der Waals surface area contributed by atoms with Crippen LogP contribution in [-0.2, 0) is 12.6 Å². The molecule has 7 nitrogen and oxygen atoms in total. The highest BCUT2D eigenvalue weighted by atomic mass is 35.5. The molecule has 0 aliphatic heterocycles. The molecule has 2 amide bonds. The van der Waals surface area contributed by atoms with Gasteiger partial charge in [-0.15, -0.1) is 0 Å². The van der Waals surface area contributed by atoms with E-state index in [1.165, 1.54) is 6.20 Å². The number of amides is 2. The van der Waals surface area contributed by atoms with Gasteiger partial charge in [0.05, 0.1) is 18.4 Å². The predicted octanol–water partition coefficient (Wildman–Crippen LogP) is 1.50. The second-order valence-electron chi connectivity index (χ2n) is 4.83. The van der Waals surface area contributed by atoms with Gasteiger partial charge in [-0.25, -0.2) is 9.78 Å². The molecule has 2 heterocycles. The Labute approximate surface area is 126 Å². The van der Waals surface area contributed by atoms with Crippen LogP contribution in [0.5, 0.6) is 0 Å². The van der Waals surface area contributed by atoms with E-state index in [1.54, 1.807) is 43.2 Å². The van der Waals surface area contributed by atoms with Gasteiger partial charge in [-0.3, -0.25) is 4.68 Å². The Morgan fingerprint density at radius 2 is 2.33 bits per heavy atom. The highest BCUT2D eigenvalue weighted by Gasteiger charge is 2.25. The lowest BCUT2D eigenvalue weighted by Crippen LogP contribution is -2.40. The normalized spacial score (nSPS) is 13.5. The van der Waals surface area contributed by atoms with Gasteiger partial charge in [0.25, 0.3) is 0 Å². The molecule has 1 atom stereocenters. The highest BCUT2D eigenvalue weighted by molar-refractivity contribution is 6.32. The third-order valence-electron chi connectivity index (χ3n) is 2.93. The van der Waals surface area contributed by atoms with E-state index in [-0.39, 0.29) is 11.7 Å². The van der Waals surface area contributed by atoms with E-state index in [0.29, 0.717) is 11.3 Å². The zero-order valence-corrected chi connectivity index (χ0v) is 12.4. The van der Waals surface area contributed by atoms with E-state index in [0.717, 1.165) is 0 Å². The summed E-state index contributed by atoms with van der Waals surface area (Å²) in [5.74, 6) is 0. The fourth-order valence-electron chi connectivity index (χ4n) is 1.70. The number of rotatable bonds is 4. The molecule has 112 valence electrons. The third-order valence-corrected chi connectivity index (χ3v) is 3.23. The molecular formula is C13H16ClN5O2. The first-order valence-electron chi connectivity index (χ1n) is 6.25. The summed E-state index contributed by atoms with van der Waals surface area (Å²) in [6.07, 6.45) is 4.77. The van der Waals surface area contributed by atoms with Gasteiger partial charge in [-0.1, -0.05) is 11.6 Å². The summed E-state index contributed by atoms with van der Waals surface area (Å²) < 4.78 is 1.58. The summed E-state index contributed by atoms with van der Waals surface area (Å²) >= 11 is 5.84. The molecule has 2 aromatic rings. The van der Waals surface area contributed by atoms with Crippen molar-refractivity contribution in [2.24, 2.45) is 7.05 Å². The molecule has 21 heavy (non-hydrogen) atoms. The Morgan fingerprint density at radius 3 is 2.95 bits per heavy atom. The van der Waals surface area contributed by atoms with E-state index in [2.05, 4.69) is 20.7 Å². The topological polar surface area (TPSA) is 92.1 Å². The molecule has 0 aliphatic rings. The molecule has 2 rings (SSSR count). The number of hydrogen-bond acceptors (Lipinski definition) is 4. The van der Waals surface area contributed by atoms with Crippen LogP contribution in [0.15, 0.2) is 30.7 Å². The first-order chi connectivity index (χ1) is 9.88. The van der Waals surface area contributed by atoms with Crippen LogP contribution in [0.25, 0.3) is 0 Å². The average molecular weight is 310 g/mol. The van der Waals surface area contributed by atoms with Crippen LogP contribution in [0.1, 0.15) is 12.5 Å². The van der Waals surface area contributed by atoms with Gasteiger partial charge in [-0.2, -0.15) is 5.10 Å². The number of hydrogen-bond donors (Lipinski definition) is 3. The monoisotopic (exact) mass is 309 g/mol. The fourth-order valence-corrected chi connectivity index (χ4v) is 1.87. The molecule has 0 radical (unpaired) electrons. The quantitative estimate of drug-likeness (QED) is 0.746. The van der Waals surface area contributed by atoms with Crippen LogP contribution in [0.2, 0.25) is 5.15 Å². The Kier molecular flexibility index (Phi) is 4.44. The van der Waals surface area contributed by atoms with Crippen molar-refractivity contribution < 1.29 is 9.90 Å². The second kappa shape index (κ2) is 6.11. The summed E-state index contributed by atoms with van der Waals surface area (Å²) in [5, 5.41) is 19.7. The number of carbonyl (C=O) groups is 1. The summed E-state index contributed by atoms with van der Waals surface area (Å²) in [6, 6.07) is 2.82. The van der Waals surface area contributed by atoms with Gasteiger partial charge in [0.1, 0.15) is 5.60 Å². The number of aliphatic hydroxyl groups is 1. The van der Waals surface area contributed by atoms with Crippen LogP contribution in [0.4, 0.5) is 10.5 Å². The average Bonchev–Trinajstić information content (AvgIpc) is 2.87. The van der Waals surface area contributed by atoms with Crippen molar-refractivity contribution in [1.82, 2.24) is 20.1 Å². The van der Waals surface area contributed by atoms with E-state index < -0.39 is 11.6 Å². The summed E-state index contributed by atoms with van der Waals surface area (Å²) in [4.78, 5) is 15.7. The van der Waals surface area contributed by atoms with Crippen LogP contribution in [0.3, 0.4) is 0 Å². The van der Waals surface area contributed by atoms with Crippen molar-refractivity contribution in [1.29, 1.82) is 0 Å². The minimum atomic E-state index is -1.22. The SMILES string of the molecule is Cn1cc(C(C)(O)CNC(=O)Nc2cccnc2Cl)cn1. The van der Waals surface area contributed by atoms with E-state index in [4.69, 9.17) is 11.6 Å². The fraction of sp³-hybridized carbons (Fsp3) is 0.308. The molecule has 2 aromatic heterocycles. The minimum Gasteiger partial charge on any atom is -0.383 e. The molecular weight excluding hydrogens is 294 g/mol. The first kappa shape index (κ1) is 15.3. The molecule has 0 spiro atoms. The van der Waals surface area contributed by atoms with Crippen molar-refractivity contribution in [3.8, 4) is 0 Å². The van der Waals surface area contributed by atoms with E-state index in [1.807, 2.05) is 0 Å². The van der Waals surface area contributed by atoms with Crippen molar-refractivity contribution in [2.45, 2.75) is 12.5 Å². The number of aryl methyl sites for hydroxylation is 1. The number of aromatic nitrogens is 3. The molecule has 0 saturated heterocycles. The second-order valence-corrected chi connectivity index (χ2v) is 5.18. The molecule has 0 aromatic carbocycles. The molecule has 0 bridgehead atoms. The number of nitrogens with zero attached hydrogens (tertiary/aromatic N) is 3. The van der Waals surface area contributed by atoms with Crippen molar-refractivity contribution in [3.05, 3.63) is 41.4 Å². The van der Waals surface area contributed by atoms with Crippen LogP contribution in [-0.4, -0.2) is 32.4 Å². The number of urea groups is 1. The third kappa shape index (κ3) is 3.93. The zero-order valence-electron chi connectivity index (χ0n) is 11.7. The maximum Gasteiger partial charge on any atom is 0.319 e. The van der Waals surface area contributed by atoms with Crippen molar-refractivity contribution in [2.75, 3.05) is 11.9 Å². The van der Waals surface area contributed by atoms with Gasteiger partial charge >= 0.3 is 6.03 Å². The number of nitrogens with one attached hydrogen (secondary N) is 2. The van der Waals surface area contributed by atoms with Crippen LogP contribution < -0.4 is 10.6 Å². The highest BCUT2D eigenvalue weighted by Crippen LogP contribution is 2.19. The van der Waals surface area contributed by atoms with Gasteiger partial charge in [-0.05, 0) is 19.1 Å². The van der Waals surface area contributed by atoms with Gasteiger partial charge < -0.3 is 15.7 Å². The Bertz CT molecular complexity index is 641. The standard InChI is InChI=1S/C13H16ClN5O2/c1-13(21,9-6-17-19(2)7-9)8-16-12(20)18-10-4-3-5-15-11(10)14/h3-7,21H,8H2,1-2H3,(H2,16,18,20). The predicted molar refractivity (Wildman–Crippen MR) is 79.0 cm³/mol. The molecule has 0 fully saturated rings. The maximum absolute atomic E-state index is 11.8. The van der Waals surface area contributed by atoms with Crippen molar-refractivity contribution in [3.63, 3.8) is 0 Å². The molecule has 0 aliphatic carbocycles. The molecule has 8 heteroatoms. The Balaban J connectivity index is 1.93. The lowest BCUT2D eigenvalue weighted by molar-refractivity contribution is 0.0599. The smallest absolute Gasteiger partial charge is 0.319 e. The van der Waals surface area contributed by atoms with Crippen molar-refractivity contribution >= 4 is 23.3 Å². The van der Waals surface area contributed by atoms with Gasteiger partial charge in [0.2, 0.25) is 0 Å². The largest absolute Gasteiger partial charge is 0.383 e. The molecule has 3 N–H and O–H groups in total. The summed E-state index contributed by atoms with van der Waals surface area (Å²) in [5.41, 5.74) is -0.202. The van der Waals surface area contributed by atoms with Gasteiger partial charge in [0, 0.05) is 25.0 Å². The number of anilines is 1.